The fraction of sp³-hybridized carbons (Fsp3) is 0.440. The van der Waals surface area contributed by atoms with Crippen molar-refractivity contribution in [1.29, 1.82) is 0 Å². The maximum Gasteiger partial charge on any atom is 0.277 e. The van der Waals surface area contributed by atoms with E-state index in [0.717, 1.165) is 24.3 Å². The second kappa shape index (κ2) is 12.0. The molecular formula is C25H34N2O3. The molecule has 0 fully saturated rings. The Morgan fingerprint density at radius 1 is 0.933 bits per heavy atom. The molecule has 0 bridgehead atoms. The summed E-state index contributed by atoms with van der Waals surface area (Å²) in [5.41, 5.74) is 4.67. The average Bonchev–Trinajstić information content (AvgIpc) is 2.73. The lowest BCUT2D eigenvalue weighted by atomic mass is 9.87. The van der Waals surface area contributed by atoms with Crippen LogP contribution < -0.4 is 14.9 Å². The molecule has 0 atom stereocenters. The molecule has 2 aromatic carbocycles. The van der Waals surface area contributed by atoms with Gasteiger partial charge in [0, 0.05) is 0 Å². The van der Waals surface area contributed by atoms with Crippen LogP contribution in [0.15, 0.2) is 53.6 Å². The maximum atomic E-state index is 11.9. The van der Waals surface area contributed by atoms with E-state index in [1.807, 2.05) is 48.5 Å². The van der Waals surface area contributed by atoms with Crippen LogP contribution >= 0.6 is 0 Å². The maximum absolute atomic E-state index is 11.9. The van der Waals surface area contributed by atoms with Crippen molar-refractivity contribution in [3.8, 4) is 11.5 Å². The number of carbonyl (C=O) groups excluding carboxylic acids is 1. The van der Waals surface area contributed by atoms with Crippen molar-refractivity contribution in [2.24, 2.45) is 5.10 Å². The van der Waals surface area contributed by atoms with Crippen molar-refractivity contribution in [3.05, 3.63) is 59.7 Å². The van der Waals surface area contributed by atoms with E-state index in [2.05, 4.69) is 38.2 Å². The fourth-order valence-electron chi connectivity index (χ4n) is 2.78. The van der Waals surface area contributed by atoms with Crippen molar-refractivity contribution in [1.82, 2.24) is 5.43 Å². The van der Waals surface area contributed by atoms with E-state index in [9.17, 15) is 4.79 Å². The summed E-state index contributed by atoms with van der Waals surface area (Å²) in [5.74, 6) is 1.20. The van der Waals surface area contributed by atoms with Crippen LogP contribution in [-0.2, 0) is 10.2 Å². The minimum Gasteiger partial charge on any atom is -0.494 e. The topological polar surface area (TPSA) is 59.9 Å². The van der Waals surface area contributed by atoms with Gasteiger partial charge in [-0.15, -0.1) is 0 Å². The monoisotopic (exact) mass is 410 g/mol. The number of nitrogens with zero attached hydrogens (tertiary/aromatic N) is 1. The van der Waals surface area contributed by atoms with Crippen molar-refractivity contribution in [3.63, 3.8) is 0 Å². The highest BCUT2D eigenvalue weighted by Crippen LogP contribution is 2.24. The Hall–Kier alpha value is -2.82. The first-order valence-corrected chi connectivity index (χ1v) is 10.7. The number of benzene rings is 2. The molecule has 2 rings (SSSR count). The number of hydrazone groups is 1. The zero-order valence-electron chi connectivity index (χ0n) is 18.6. The molecule has 5 nitrogen and oxygen atoms in total. The van der Waals surface area contributed by atoms with Crippen LogP contribution in [0.5, 0.6) is 11.5 Å². The van der Waals surface area contributed by atoms with Crippen LogP contribution in [0.4, 0.5) is 0 Å². The Morgan fingerprint density at radius 2 is 1.57 bits per heavy atom. The van der Waals surface area contributed by atoms with Gasteiger partial charge in [-0.25, -0.2) is 5.43 Å². The lowest BCUT2D eigenvalue weighted by molar-refractivity contribution is -0.123. The van der Waals surface area contributed by atoms with Gasteiger partial charge in [0.2, 0.25) is 0 Å². The summed E-state index contributed by atoms with van der Waals surface area (Å²) in [7, 11) is 0. The molecule has 0 aliphatic heterocycles. The number of rotatable bonds is 11. The Morgan fingerprint density at radius 3 is 2.20 bits per heavy atom. The number of amides is 1. The van der Waals surface area contributed by atoms with Gasteiger partial charge in [-0.1, -0.05) is 59.1 Å². The molecule has 0 radical (unpaired) electrons. The Balaban J connectivity index is 1.70. The molecule has 30 heavy (non-hydrogen) atoms. The Bertz CT molecular complexity index is 791. The van der Waals surface area contributed by atoms with Crippen molar-refractivity contribution >= 4 is 12.1 Å². The van der Waals surface area contributed by atoms with E-state index in [4.69, 9.17) is 9.47 Å². The van der Waals surface area contributed by atoms with Crippen molar-refractivity contribution < 1.29 is 14.3 Å². The largest absolute Gasteiger partial charge is 0.494 e. The number of carbonyl (C=O) groups is 1. The molecule has 0 aliphatic carbocycles. The van der Waals surface area contributed by atoms with Crippen LogP contribution in [0.2, 0.25) is 0 Å². The lowest BCUT2D eigenvalue weighted by Crippen LogP contribution is -2.24. The lowest BCUT2D eigenvalue weighted by Gasteiger charge is -2.19. The second-order valence-electron chi connectivity index (χ2n) is 8.33. The highest BCUT2D eigenvalue weighted by Gasteiger charge is 2.13. The van der Waals surface area contributed by atoms with E-state index in [1.165, 1.54) is 24.8 Å². The molecule has 1 N–H and O–H groups in total. The number of hydrogen-bond donors (Lipinski definition) is 1. The van der Waals surface area contributed by atoms with Gasteiger partial charge in [-0.05, 0) is 59.4 Å². The molecule has 0 saturated carbocycles. The second-order valence-corrected chi connectivity index (χ2v) is 8.33. The number of hydrogen-bond acceptors (Lipinski definition) is 4. The first-order chi connectivity index (χ1) is 14.4. The average molecular weight is 411 g/mol. The Kier molecular flexibility index (Phi) is 9.39. The molecule has 5 heteroatoms. The highest BCUT2D eigenvalue weighted by molar-refractivity contribution is 5.83. The van der Waals surface area contributed by atoms with E-state index in [1.54, 1.807) is 6.21 Å². The zero-order valence-corrected chi connectivity index (χ0v) is 18.6. The molecule has 0 aliphatic rings. The number of ether oxygens (including phenoxy) is 2. The summed E-state index contributed by atoms with van der Waals surface area (Å²) in [5, 5.41) is 3.98. The van der Waals surface area contributed by atoms with Crippen LogP contribution in [0.1, 0.15) is 64.5 Å². The summed E-state index contributed by atoms with van der Waals surface area (Å²) in [6, 6.07) is 15.4. The third kappa shape index (κ3) is 8.68. The molecule has 0 heterocycles. The van der Waals surface area contributed by atoms with E-state index < -0.39 is 0 Å². The van der Waals surface area contributed by atoms with Gasteiger partial charge >= 0.3 is 0 Å². The fourth-order valence-corrected chi connectivity index (χ4v) is 2.78. The van der Waals surface area contributed by atoms with Gasteiger partial charge in [0.15, 0.2) is 6.61 Å². The van der Waals surface area contributed by atoms with E-state index >= 15 is 0 Å². The predicted molar refractivity (Wildman–Crippen MR) is 122 cm³/mol. The summed E-state index contributed by atoms with van der Waals surface area (Å²) >= 11 is 0. The van der Waals surface area contributed by atoms with Gasteiger partial charge in [-0.3, -0.25) is 4.79 Å². The van der Waals surface area contributed by atoms with Gasteiger partial charge in [0.05, 0.1) is 12.8 Å². The van der Waals surface area contributed by atoms with Gasteiger partial charge in [0.25, 0.3) is 5.91 Å². The van der Waals surface area contributed by atoms with Crippen molar-refractivity contribution in [2.45, 2.75) is 58.8 Å². The van der Waals surface area contributed by atoms with Crippen LogP contribution in [0, 0.1) is 0 Å². The van der Waals surface area contributed by atoms with Gasteiger partial charge in [-0.2, -0.15) is 5.10 Å². The van der Waals surface area contributed by atoms with Crippen LogP contribution in [0.25, 0.3) is 0 Å². The van der Waals surface area contributed by atoms with Crippen LogP contribution in [-0.4, -0.2) is 25.3 Å². The Labute approximate surface area is 180 Å². The molecule has 0 saturated heterocycles. The number of unbranched alkanes of at least 4 members (excludes halogenated alkanes) is 3. The first-order valence-electron chi connectivity index (χ1n) is 10.7. The normalized spacial score (nSPS) is 11.5. The standard InChI is InChI=1S/C25H34N2O3/c1-5-6-7-8-17-29-22-13-9-20(10-14-22)18-26-27-24(28)19-30-23-15-11-21(12-16-23)25(2,3)4/h9-16,18H,5-8,17,19H2,1-4H3,(H,27,28)/b26-18+. The summed E-state index contributed by atoms with van der Waals surface area (Å²) in [6.45, 7) is 9.32. The number of nitrogens with one attached hydrogen (secondary N) is 1. The predicted octanol–water partition coefficient (Wildman–Crippen LogP) is 5.47. The highest BCUT2D eigenvalue weighted by atomic mass is 16.5. The third-order valence-electron chi connectivity index (χ3n) is 4.64. The first kappa shape index (κ1) is 23.5. The minimum absolute atomic E-state index is 0.0863. The van der Waals surface area contributed by atoms with Gasteiger partial charge in [0.1, 0.15) is 11.5 Å². The minimum atomic E-state index is -0.307. The summed E-state index contributed by atoms with van der Waals surface area (Å²) in [6.07, 6.45) is 6.35. The molecule has 1 amide bonds. The molecular weight excluding hydrogens is 376 g/mol. The van der Waals surface area contributed by atoms with Gasteiger partial charge < -0.3 is 9.47 Å². The molecule has 2 aromatic rings. The van der Waals surface area contributed by atoms with Crippen molar-refractivity contribution in [2.75, 3.05) is 13.2 Å². The smallest absolute Gasteiger partial charge is 0.277 e. The molecule has 0 aromatic heterocycles. The molecule has 0 unspecified atom stereocenters. The van der Waals surface area contributed by atoms with E-state index in [-0.39, 0.29) is 17.9 Å². The van der Waals surface area contributed by atoms with Crippen LogP contribution in [0.3, 0.4) is 0 Å². The third-order valence-corrected chi connectivity index (χ3v) is 4.64. The zero-order chi connectivity index (χ0) is 21.8. The molecule has 0 spiro atoms. The quantitative estimate of drug-likeness (QED) is 0.303. The SMILES string of the molecule is CCCCCCOc1ccc(/C=N/NC(=O)COc2ccc(C(C)(C)C)cc2)cc1. The van der Waals surface area contributed by atoms with E-state index in [0.29, 0.717) is 5.75 Å². The summed E-state index contributed by atoms with van der Waals surface area (Å²) in [4.78, 5) is 11.9. The molecule has 162 valence electrons. The summed E-state index contributed by atoms with van der Waals surface area (Å²) < 4.78 is 11.2.